The lowest BCUT2D eigenvalue weighted by Crippen LogP contribution is -2.20. The summed E-state index contributed by atoms with van der Waals surface area (Å²) in [5.41, 5.74) is 1.18. The molecule has 0 saturated heterocycles. The van der Waals surface area contributed by atoms with Crippen LogP contribution in [0.25, 0.3) is 0 Å². The summed E-state index contributed by atoms with van der Waals surface area (Å²) in [5.74, 6) is -1.29. The molecule has 0 radical (unpaired) electrons. The molecule has 5 heteroatoms. The number of para-hydroxylation sites is 1. The van der Waals surface area contributed by atoms with Gasteiger partial charge in [0.15, 0.2) is 0 Å². The van der Waals surface area contributed by atoms with Gasteiger partial charge >= 0.3 is 5.97 Å². The molecule has 3 unspecified atom stereocenters. The van der Waals surface area contributed by atoms with E-state index in [9.17, 15) is 19.8 Å². The van der Waals surface area contributed by atoms with Crippen molar-refractivity contribution in [3.63, 3.8) is 0 Å². The van der Waals surface area contributed by atoms with E-state index in [-0.39, 0.29) is 5.92 Å². The highest BCUT2D eigenvalue weighted by Crippen LogP contribution is 2.23. The molecule has 0 spiro atoms. The van der Waals surface area contributed by atoms with E-state index in [1.54, 1.807) is 67.6 Å². The fourth-order valence-corrected chi connectivity index (χ4v) is 2.57. The summed E-state index contributed by atoms with van der Waals surface area (Å²) in [6, 6.07) is 26.2. The molecule has 3 aromatic carbocycles. The van der Waals surface area contributed by atoms with E-state index in [0.29, 0.717) is 11.3 Å². The number of ether oxygens (including phenoxy) is 1. The number of ketones is 1. The van der Waals surface area contributed by atoms with E-state index in [0.717, 1.165) is 5.56 Å². The number of carbonyl (C=O) groups excluding carboxylic acids is 2. The van der Waals surface area contributed by atoms with Crippen LogP contribution in [0.3, 0.4) is 0 Å². The van der Waals surface area contributed by atoms with Crippen LogP contribution in [-0.4, -0.2) is 28.1 Å². The summed E-state index contributed by atoms with van der Waals surface area (Å²) in [6.45, 7) is 3.53. The first kappa shape index (κ1) is 23.0. The molecular weight excluding hydrogens is 380 g/mol. The van der Waals surface area contributed by atoms with Crippen LogP contribution >= 0.6 is 0 Å². The number of aliphatic hydroxyl groups excluding tert-OH is 2. The standard InChI is InChI=1S/C14H10O3.C11H16O2/c15-13(11-7-3-1-4-8-11)14(16)17-12-9-5-2-6-10-12;1-8(9(2)12)11(13)10-6-4-3-5-7-10/h1-10H;3-9,11-13H,1-2H3. The zero-order valence-electron chi connectivity index (χ0n) is 17.0. The highest BCUT2D eigenvalue weighted by molar-refractivity contribution is 6.41. The maximum absolute atomic E-state index is 11.7. The third-order valence-electron chi connectivity index (χ3n) is 4.58. The second kappa shape index (κ2) is 11.7. The number of benzene rings is 3. The number of carbonyl (C=O) groups is 2. The molecule has 3 atom stereocenters. The fourth-order valence-electron chi connectivity index (χ4n) is 2.57. The van der Waals surface area contributed by atoms with Gasteiger partial charge in [0.05, 0.1) is 12.2 Å². The van der Waals surface area contributed by atoms with Crippen molar-refractivity contribution in [2.75, 3.05) is 0 Å². The molecule has 2 N–H and O–H groups in total. The monoisotopic (exact) mass is 406 g/mol. The molecule has 5 nitrogen and oxygen atoms in total. The van der Waals surface area contributed by atoms with Crippen molar-refractivity contribution < 1.29 is 24.5 Å². The Morgan fingerprint density at radius 2 is 1.20 bits per heavy atom. The summed E-state index contributed by atoms with van der Waals surface area (Å²) in [6.07, 6.45) is -1.07. The van der Waals surface area contributed by atoms with E-state index in [2.05, 4.69) is 0 Å². The maximum atomic E-state index is 11.7. The van der Waals surface area contributed by atoms with Gasteiger partial charge in [0.1, 0.15) is 5.75 Å². The van der Waals surface area contributed by atoms with Gasteiger partial charge in [-0.1, -0.05) is 85.8 Å². The summed E-state index contributed by atoms with van der Waals surface area (Å²) in [4.78, 5) is 23.2. The second-order valence-electron chi connectivity index (χ2n) is 6.85. The van der Waals surface area contributed by atoms with Crippen molar-refractivity contribution in [2.45, 2.75) is 26.1 Å². The van der Waals surface area contributed by atoms with Crippen molar-refractivity contribution in [1.29, 1.82) is 0 Å². The Balaban J connectivity index is 0.000000222. The average Bonchev–Trinajstić information content (AvgIpc) is 2.79. The topological polar surface area (TPSA) is 83.8 Å². The van der Waals surface area contributed by atoms with Gasteiger partial charge < -0.3 is 14.9 Å². The Labute approximate surface area is 176 Å². The smallest absolute Gasteiger partial charge is 0.385 e. The third-order valence-corrected chi connectivity index (χ3v) is 4.58. The Kier molecular flexibility index (Phi) is 8.94. The molecule has 0 heterocycles. The zero-order chi connectivity index (χ0) is 21.9. The van der Waals surface area contributed by atoms with Gasteiger partial charge in [-0.25, -0.2) is 4.79 Å². The van der Waals surface area contributed by atoms with Crippen LogP contribution < -0.4 is 4.74 Å². The molecule has 0 aliphatic heterocycles. The van der Waals surface area contributed by atoms with Crippen molar-refractivity contribution in [2.24, 2.45) is 5.92 Å². The number of rotatable bonds is 6. The SMILES string of the molecule is CC(O)C(C)C(O)c1ccccc1.O=C(Oc1ccccc1)C(=O)c1ccccc1. The Bertz CT molecular complexity index is 908. The van der Waals surface area contributed by atoms with Crippen LogP contribution in [0.15, 0.2) is 91.0 Å². The minimum absolute atomic E-state index is 0.137. The minimum atomic E-state index is -0.873. The number of Topliss-reactive ketones (excluding diaryl/α,β-unsaturated/α-hetero) is 1. The number of aliphatic hydroxyl groups is 2. The molecular formula is C25H26O5. The van der Waals surface area contributed by atoms with Gasteiger partial charge in [-0.3, -0.25) is 4.79 Å². The van der Waals surface area contributed by atoms with Gasteiger partial charge in [-0.15, -0.1) is 0 Å². The summed E-state index contributed by atoms with van der Waals surface area (Å²) in [7, 11) is 0. The van der Waals surface area contributed by atoms with Crippen LogP contribution in [0.5, 0.6) is 5.75 Å². The van der Waals surface area contributed by atoms with Crippen LogP contribution in [0, 0.1) is 5.92 Å². The molecule has 0 bridgehead atoms. The Morgan fingerprint density at radius 3 is 1.70 bits per heavy atom. The molecule has 3 aromatic rings. The molecule has 30 heavy (non-hydrogen) atoms. The molecule has 0 fully saturated rings. The van der Waals surface area contributed by atoms with Gasteiger partial charge in [-0.05, 0) is 24.6 Å². The lowest BCUT2D eigenvalue weighted by atomic mass is 9.93. The van der Waals surface area contributed by atoms with Crippen molar-refractivity contribution >= 4 is 11.8 Å². The molecule has 156 valence electrons. The second-order valence-corrected chi connectivity index (χ2v) is 6.85. The van der Waals surface area contributed by atoms with Crippen LogP contribution in [0.1, 0.15) is 35.9 Å². The highest BCUT2D eigenvalue weighted by atomic mass is 16.5. The first-order valence-electron chi connectivity index (χ1n) is 9.67. The number of hydrogen-bond donors (Lipinski definition) is 2. The van der Waals surface area contributed by atoms with Crippen LogP contribution in [-0.2, 0) is 4.79 Å². The van der Waals surface area contributed by atoms with E-state index in [4.69, 9.17) is 4.74 Å². The van der Waals surface area contributed by atoms with E-state index >= 15 is 0 Å². The molecule has 0 aliphatic carbocycles. The summed E-state index contributed by atoms with van der Waals surface area (Å²) < 4.78 is 4.94. The average molecular weight is 406 g/mol. The molecule has 3 rings (SSSR count). The molecule has 0 saturated carbocycles. The molecule has 0 aromatic heterocycles. The summed E-state index contributed by atoms with van der Waals surface area (Å²) >= 11 is 0. The van der Waals surface area contributed by atoms with Crippen LogP contribution in [0.4, 0.5) is 0 Å². The molecule has 0 amide bonds. The highest BCUT2D eigenvalue weighted by Gasteiger charge is 2.20. The van der Waals surface area contributed by atoms with Crippen molar-refractivity contribution in [3.8, 4) is 5.75 Å². The normalized spacial score (nSPS) is 13.2. The largest absolute Gasteiger partial charge is 0.421 e. The van der Waals surface area contributed by atoms with Gasteiger partial charge in [0, 0.05) is 11.5 Å². The number of esters is 1. The lowest BCUT2D eigenvalue weighted by Gasteiger charge is -2.21. The number of hydrogen-bond acceptors (Lipinski definition) is 5. The summed E-state index contributed by atoms with van der Waals surface area (Å²) in [5, 5.41) is 19.1. The Morgan fingerprint density at radius 1 is 0.733 bits per heavy atom. The minimum Gasteiger partial charge on any atom is -0.421 e. The third kappa shape index (κ3) is 6.95. The quantitative estimate of drug-likeness (QED) is 0.277. The van der Waals surface area contributed by atoms with Gasteiger partial charge in [0.2, 0.25) is 0 Å². The van der Waals surface area contributed by atoms with Crippen LogP contribution in [0.2, 0.25) is 0 Å². The predicted octanol–water partition coefficient (Wildman–Crippen LogP) is 4.21. The van der Waals surface area contributed by atoms with Crippen molar-refractivity contribution in [1.82, 2.24) is 0 Å². The first-order valence-corrected chi connectivity index (χ1v) is 9.67. The van der Waals surface area contributed by atoms with Gasteiger partial charge in [-0.2, -0.15) is 0 Å². The molecule has 0 aliphatic rings. The maximum Gasteiger partial charge on any atom is 0.385 e. The fraction of sp³-hybridized carbons (Fsp3) is 0.200. The predicted molar refractivity (Wildman–Crippen MR) is 115 cm³/mol. The lowest BCUT2D eigenvalue weighted by molar-refractivity contribution is -0.129. The van der Waals surface area contributed by atoms with Gasteiger partial charge in [0.25, 0.3) is 5.78 Å². The Hall–Kier alpha value is -3.28. The van der Waals surface area contributed by atoms with E-state index < -0.39 is 24.0 Å². The van der Waals surface area contributed by atoms with E-state index in [1.165, 1.54) is 0 Å². The van der Waals surface area contributed by atoms with E-state index in [1.807, 2.05) is 37.3 Å². The first-order chi connectivity index (χ1) is 14.4. The zero-order valence-corrected chi connectivity index (χ0v) is 17.0. The van der Waals surface area contributed by atoms with Crippen molar-refractivity contribution in [3.05, 3.63) is 102 Å².